The van der Waals surface area contributed by atoms with Crippen LogP contribution in [0.4, 0.5) is 0 Å². The molecule has 2 fully saturated rings. The smallest absolute Gasteiger partial charge is 1.00 e. The van der Waals surface area contributed by atoms with Crippen molar-refractivity contribution in [1.82, 2.24) is 5.32 Å². The number of aliphatic carboxylic acids is 1. The molecule has 2 N–H and O–H groups in total. The lowest BCUT2D eigenvalue weighted by Gasteiger charge is -2.18. The normalized spacial score (nSPS) is 40.2. The van der Waals surface area contributed by atoms with E-state index >= 15 is 0 Å². The van der Waals surface area contributed by atoms with Crippen molar-refractivity contribution >= 4 is 5.97 Å². The van der Waals surface area contributed by atoms with E-state index in [0.29, 0.717) is 12.0 Å². The summed E-state index contributed by atoms with van der Waals surface area (Å²) in [6.07, 6.45) is 3.36. The van der Waals surface area contributed by atoms with Crippen LogP contribution in [0.15, 0.2) is 0 Å². The summed E-state index contributed by atoms with van der Waals surface area (Å²) in [7, 11) is 0. The van der Waals surface area contributed by atoms with Crippen molar-refractivity contribution in [3.63, 3.8) is 0 Å². The van der Waals surface area contributed by atoms with Gasteiger partial charge in [0.15, 0.2) is 0 Å². The minimum absolute atomic E-state index is 0. The number of nitrogens with one attached hydrogen (secondary N) is 1. The highest BCUT2D eigenvalue weighted by molar-refractivity contribution is 5.74. The fraction of sp³-hybridized carbons (Fsp3) is 0.857. The Labute approximate surface area is 73.1 Å². The number of rotatable bonds is 1. The van der Waals surface area contributed by atoms with Crippen molar-refractivity contribution in [2.75, 3.05) is 0 Å². The molecular formula is C7H12ClNO2. The second-order valence-electron chi connectivity index (χ2n) is 3.25. The van der Waals surface area contributed by atoms with Gasteiger partial charge < -0.3 is 22.8 Å². The molecule has 0 unspecified atom stereocenters. The lowest BCUT2D eigenvalue weighted by atomic mass is 10.0. The molecule has 2 rings (SSSR count). The van der Waals surface area contributed by atoms with Gasteiger partial charge in [-0.15, -0.1) is 0 Å². The van der Waals surface area contributed by atoms with E-state index in [-0.39, 0.29) is 19.9 Å². The summed E-state index contributed by atoms with van der Waals surface area (Å²) in [5.74, 6) is -0.255. The summed E-state index contributed by atoms with van der Waals surface area (Å²) in [6.45, 7) is 0. The molecule has 0 spiro atoms. The van der Waals surface area contributed by atoms with Crippen molar-refractivity contribution < 1.29 is 23.7 Å². The number of piperidine rings is 1. The van der Waals surface area contributed by atoms with Crippen molar-refractivity contribution in [2.24, 2.45) is 5.92 Å². The Kier molecular flexibility index (Phi) is 2.40. The molecule has 1 aliphatic heterocycles. The molecule has 0 amide bonds. The van der Waals surface area contributed by atoms with Crippen LogP contribution in [0.5, 0.6) is 0 Å². The Balaban J connectivity index is 0.000000605. The van der Waals surface area contributed by atoms with Crippen molar-refractivity contribution in [3.05, 3.63) is 0 Å². The molecule has 0 aromatic heterocycles. The summed E-state index contributed by atoms with van der Waals surface area (Å²) in [6, 6.07) is 0.268. The topological polar surface area (TPSA) is 49.3 Å². The molecule has 64 valence electrons. The van der Waals surface area contributed by atoms with Crippen LogP contribution in [-0.2, 0) is 4.79 Å². The zero-order valence-electron chi connectivity index (χ0n) is 7.09. The standard InChI is InChI=1S/C7H11NO2.ClH/c9-7(10)6-4-1-2-5(3-4)8-6;/h4-6,8H,1-3H2,(H,9,10);1H/t4-,5+,6-;/m0./s1. The van der Waals surface area contributed by atoms with Gasteiger partial charge in [-0.25, -0.2) is 0 Å². The van der Waals surface area contributed by atoms with E-state index in [1.807, 2.05) is 0 Å². The molecule has 3 nitrogen and oxygen atoms in total. The Morgan fingerprint density at radius 2 is 2.27 bits per heavy atom. The Morgan fingerprint density at radius 1 is 1.55 bits per heavy atom. The summed E-state index contributed by atoms with van der Waals surface area (Å²) in [5, 5.41) is 11.8. The third kappa shape index (κ3) is 1.35. The second-order valence-corrected chi connectivity index (χ2v) is 3.25. The average molecular weight is 178 g/mol. The quantitative estimate of drug-likeness (QED) is 0.460. The maximum absolute atomic E-state index is 10.5. The van der Waals surface area contributed by atoms with Gasteiger partial charge in [0, 0.05) is 6.04 Å². The third-order valence-corrected chi connectivity index (χ3v) is 2.63. The van der Waals surface area contributed by atoms with Crippen molar-refractivity contribution in [3.8, 4) is 0 Å². The van der Waals surface area contributed by atoms with Crippen LogP contribution in [0.25, 0.3) is 0 Å². The lowest BCUT2D eigenvalue weighted by Crippen LogP contribution is -3.00. The van der Waals surface area contributed by atoms with Crippen molar-refractivity contribution in [2.45, 2.75) is 31.3 Å². The van der Waals surface area contributed by atoms with E-state index < -0.39 is 5.97 Å². The van der Waals surface area contributed by atoms with E-state index in [2.05, 4.69) is 5.32 Å². The predicted molar refractivity (Wildman–Crippen MR) is 36.8 cm³/mol. The highest BCUT2D eigenvalue weighted by Crippen LogP contribution is 2.34. The van der Waals surface area contributed by atoms with Crippen LogP contribution in [0, 0.1) is 5.92 Å². The van der Waals surface area contributed by atoms with Crippen LogP contribution in [0.1, 0.15) is 20.7 Å². The van der Waals surface area contributed by atoms with E-state index in [1.54, 1.807) is 0 Å². The van der Waals surface area contributed by atoms with Gasteiger partial charge in [-0.1, -0.05) is 0 Å². The van der Waals surface area contributed by atoms with Gasteiger partial charge in [-0.2, -0.15) is 0 Å². The van der Waals surface area contributed by atoms with Gasteiger partial charge in [0.1, 0.15) is 6.04 Å². The monoisotopic (exact) mass is 177 g/mol. The van der Waals surface area contributed by atoms with E-state index in [9.17, 15) is 4.79 Å². The first kappa shape index (κ1) is 8.81. The minimum atomic E-state index is -0.674. The molecule has 4 heteroatoms. The maximum Gasteiger partial charge on any atom is 1.00 e. The molecule has 1 saturated carbocycles. The number of carboxylic acids is 1. The number of fused-ring (bicyclic) bond motifs is 2. The highest BCUT2D eigenvalue weighted by atomic mass is 35.5. The molecule has 0 aromatic rings. The zero-order chi connectivity index (χ0) is 7.14. The average Bonchev–Trinajstić information content (AvgIpc) is 2.44. The molecule has 1 aliphatic carbocycles. The summed E-state index contributed by atoms with van der Waals surface area (Å²) < 4.78 is 0. The molecule has 3 atom stereocenters. The number of halogens is 1. The Bertz CT molecular complexity index is 179. The highest BCUT2D eigenvalue weighted by Gasteiger charge is 2.42. The molecule has 1 heterocycles. The van der Waals surface area contributed by atoms with E-state index in [0.717, 1.165) is 12.8 Å². The first-order valence-corrected chi connectivity index (χ1v) is 3.76. The Hall–Kier alpha value is -0.280. The van der Waals surface area contributed by atoms with Gasteiger partial charge in [0.25, 0.3) is 0 Å². The molecule has 2 bridgehead atoms. The van der Waals surface area contributed by atoms with Crippen LogP contribution < -0.4 is 17.7 Å². The number of hydrogen-bond acceptors (Lipinski definition) is 2. The summed E-state index contributed by atoms with van der Waals surface area (Å²) in [4.78, 5) is 10.5. The van der Waals surface area contributed by atoms with Crippen molar-refractivity contribution in [1.29, 1.82) is 0 Å². The number of carbonyl (C=O) groups is 1. The summed E-state index contributed by atoms with van der Waals surface area (Å²) >= 11 is 0. The SMILES string of the molecule is O=C(O)[C@H]1N[C@@H]2CC[C@H]1C2.[Cl-].[H+]. The predicted octanol–water partition coefficient (Wildman–Crippen LogP) is -2.67. The van der Waals surface area contributed by atoms with Gasteiger partial charge >= 0.3 is 7.40 Å². The van der Waals surface area contributed by atoms with Crippen LogP contribution in [-0.4, -0.2) is 23.2 Å². The van der Waals surface area contributed by atoms with Crippen LogP contribution in [0.2, 0.25) is 0 Å². The summed E-state index contributed by atoms with van der Waals surface area (Å²) in [5.41, 5.74) is 0. The molecular weight excluding hydrogens is 166 g/mol. The third-order valence-electron chi connectivity index (χ3n) is 2.63. The van der Waals surface area contributed by atoms with E-state index in [4.69, 9.17) is 5.11 Å². The zero-order valence-corrected chi connectivity index (χ0v) is 6.84. The molecule has 11 heavy (non-hydrogen) atoms. The minimum Gasteiger partial charge on any atom is -1.00 e. The molecule has 2 aliphatic rings. The molecule has 0 aromatic carbocycles. The molecule has 1 saturated heterocycles. The van der Waals surface area contributed by atoms with Gasteiger partial charge in [-0.3, -0.25) is 4.79 Å². The van der Waals surface area contributed by atoms with Crippen LogP contribution in [0.3, 0.4) is 0 Å². The number of hydrogen-bond donors (Lipinski definition) is 2. The lowest BCUT2D eigenvalue weighted by molar-refractivity contribution is -0.140. The van der Waals surface area contributed by atoms with Gasteiger partial charge in [0.05, 0.1) is 0 Å². The van der Waals surface area contributed by atoms with E-state index in [1.165, 1.54) is 6.42 Å². The first-order chi connectivity index (χ1) is 4.77. The largest absolute Gasteiger partial charge is 1.00 e. The Morgan fingerprint density at radius 3 is 2.55 bits per heavy atom. The molecule has 0 radical (unpaired) electrons. The van der Waals surface area contributed by atoms with Gasteiger partial charge in [-0.05, 0) is 25.2 Å². The van der Waals surface area contributed by atoms with Crippen LogP contribution >= 0.6 is 0 Å². The van der Waals surface area contributed by atoms with Gasteiger partial charge in [0.2, 0.25) is 0 Å². The maximum atomic E-state index is 10.5. The first-order valence-electron chi connectivity index (χ1n) is 3.76. The number of carboxylic acid groups (broad SMARTS) is 1. The fourth-order valence-electron chi connectivity index (χ4n) is 2.13. The second kappa shape index (κ2) is 2.99. The fourth-order valence-corrected chi connectivity index (χ4v) is 2.13.